The van der Waals surface area contributed by atoms with Crippen molar-refractivity contribution in [2.45, 2.75) is 84.1 Å². The van der Waals surface area contributed by atoms with Crippen LogP contribution >= 0.6 is 0 Å². The molecule has 0 saturated heterocycles. The summed E-state index contributed by atoms with van der Waals surface area (Å²) in [5, 5.41) is 12.2. The molecule has 140 valence electrons. The highest BCUT2D eigenvalue weighted by Gasteiger charge is 2.02. The van der Waals surface area contributed by atoms with E-state index in [-0.39, 0.29) is 23.6 Å². The Labute approximate surface area is 158 Å². The van der Waals surface area contributed by atoms with E-state index in [0.29, 0.717) is 0 Å². The van der Waals surface area contributed by atoms with Crippen LogP contribution < -0.4 is 26.9 Å². The van der Waals surface area contributed by atoms with Crippen molar-refractivity contribution in [1.82, 2.24) is 4.98 Å². The monoisotopic (exact) mass is 401 g/mol. The number of aliphatic hydroxyl groups excluding tert-OH is 1. The molecule has 1 aromatic rings. The smallest absolute Gasteiger partial charge is 0.288 e. The Hall–Kier alpha value is -0.680. The predicted molar refractivity (Wildman–Crippen MR) is 96.5 cm³/mol. The van der Waals surface area contributed by atoms with Crippen molar-refractivity contribution in [3.05, 3.63) is 18.6 Å². The highest BCUT2D eigenvalue weighted by Crippen LogP contribution is 2.10. The van der Waals surface area contributed by atoms with Crippen LogP contribution in [-0.4, -0.2) is 23.2 Å². The molecule has 0 amide bonds. The molecular weight excluding hydrogens is 366 g/mol. The van der Waals surface area contributed by atoms with Crippen molar-refractivity contribution in [3.63, 3.8) is 0 Å². The molecule has 4 nitrogen and oxygen atoms in total. The van der Waals surface area contributed by atoms with Gasteiger partial charge in [0.15, 0.2) is 0 Å². The number of hydrogen-bond donors (Lipinski definition) is 2. The van der Waals surface area contributed by atoms with Gasteiger partial charge >= 0.3 is 0 Å². The van der Waals surface area contributed by atoms with Crippen LogP contribution in [0.15, 0.2) is 18.6 Å². The summed E-state index contributed by atoms with van der Waals surface area (Å²) in [5.74, 6) is 0.946. The number of hydrogen-bond acceptors (Lipinski definition) is 3. The molecule has 1 heterocycles. The molecule has 0 unspecified atom stereocenters. The number of anilines is 1. The van der Waals surface area contributed by atoms with Gasteiger partial charge in [-0.05, 0) is 11.4 Å². The summed E-state index contributed by atoms with van der Waals surface area (Å²) >= 11 is 0. The van der Waals surface area contributed by atoms with E-state index in [9.17, 15) is 0 Å². The lowest BCUT2D eigenvalue weighted by atomic mass is 10.1. The molecule has 0 spiro atoms. The van der Waals surface area contributed by atoms with Gasteiger partial charge in [0.25, 0.3) is 6.33 Å². The number of aliphatic hydroxyl groups is 1. The Morgan fingerprint density at radius 2 is 1.58 bits per heavy atom. The van der Waals surface area contributed by atoms with Crippen LogP contribution in [0.5, 0.6) is 0 Å². The lowest BCUT2D eigenvalue weighted by molar-refractivity contribution is -0.700. The van der Waals surface area contributed by atoms with Crippen LogP contribution in [0.2, 0.25) is 0 Å². The summed E-state index contributed by atoms with van der Waals surface area (Å²) in [6, 6.07) is 2.01. The third-order valence-corrected chi connectivity index (χ3v) is 4.18. The maximum atomic E-state index is 8.81. The van der Waals surface area contributed by atoms with Gasteiger partial charge < -0.3 is 27.4 Å². The van der Waals surface area contributed by atoms with Crippen molar-refractivity contribution in [2.24, 2.45) is 0 Å². The molecule has 1 aromatic heterocycles. The molecule has 0 bridgehead atoms. The SMILES string of the molecule is CCCCCCCCCCCCNc1cc[n+](CCCO)cn1.[Br-]. The third-order valence-electron chi connectivity index (χ3n) is 4.18. The predicted octanol–water partition coefficient (Wildman–Crippen LogP) is 1.09. The average molecular weight is 402 g/mol. The van der Waals surface area contributed by atoms with Gasteiger partial charge in [-0.25, -0.2) is 4.57 Å². The lowest BCUT2D eigenvalue weighted by Crippen LogP contribution is -3.00. The molecule has 0 aliphatic carbocycles. The highest BCUT2D eigenvalue weighted by molar-refractivity contribution is 5.30. The zero-order chi connectivity index (χ0) is 16.6. The molecule has 5 heteroatoms. The lowest BCUT2D eigenvalue weighted by Gasteiger charge is -2.04. The van der Waals surface area contributed by atoms with Gasteiger partial charge in [-0.1, -0.05) is 64.7 Å². The highest BCUT2D eigenvalue weighted by atomic mass is 79.9. The van der Waals surface area contributed by atoms with Crippen molar-refractivity contribution in [2.75, 3.05) is 18.5 Å². The van der Waals surface area contributed by atoms with Crippen molar-refractivity contribution in [3.8, 4) is 0 Å². The number of halogens is 1. The van der Waals surface area contributed by atoms with Gasteiger partial charge in [0, 0.05) is 25.6 Å². The molecule has 0 aliphatic rings. The maximum absolute atomic E-state index is 8.81. The molecule has 24 heavy (non-hydrogen) atoms. The summed E-state index contributed by atoms with van der Waals surface area (Å²) in [6.45, 7) is 4.33. The Morgan fingerprint density at radius 1 is 0.958 bits per heavy atom. The minimum Gasteiger partial charge on any atom is -1.00 e. The summed E-state index contributed by atoms with van der Waals surface area (Å²) in [7, 11) is 0. The van der Waals surface area contributed by atoms with E-state index < -0.39 is 0 Å². The number of unbranched alkanes of at least 4 members (excludes halogenated alkanes) is 9. The fourth-order valence-electron chi connectivity index (χ4n) is 2.70. The first-order chi connectivity index (χ1) is 11.4. The van der Waals surface area contributed by atoms with Crippen molar-refractivity contribution >= 4 is 5.82 Å². The fourth-order valence-corrected chi connectivity index (χ4v) is 2.70. The quantitative estimate of drug-likeness (QED) is 0.341. The summed E-state index contributed by atoms with van der Waals surface area (Å²) in [6.07, 6.45) is 18.3. The molecule has 1 rings (SSSR count). The van der Waals surface area contributed by atoms with E-state index >= 15 is 0 Å². The number of nitrogens with one attached hydrogen (secondary N) is 1. The summed E-state index contributed by atoms with van der Waals surface area (Å²) in [5.41, 5.74) is 0. The number of nitrogens with zero attached hydrogens (tertiary/aromatic N) is 2. The first kappa shape index (κ1) is 23.3. The number of rotatable bonds is 15. The van der Waals surface area contributed by atoms with Gasteiger partial charge in [-0.3, -0.25) is 0 Å². The molecule has 0 aromatic carbocycles. The molecule has 0 atom stereocenters. The van der Waals surface area contributed by atoms with Crippen molar-refractivity contribution in [1.29, 1.82) is 0 Å². The van der Waals surface area contributed by atoms with Crippen LogP contribution in [0.3, 0.4) is 0 Å². The van der Waals surface area contributed by atoms with Gasteiger partial charge in [0.1, 0.15) is 0 Å². The zero-order valence-electron chi connectivity index (χ0n) is 15.4. The van der Waals surface area contributed by atoms with E-state index in [0.717, 1.165) is 25.3 Å². The summed E-state index contributed by atoms with van der Waals surface area (Å²) in [4.78, 5) is 4.38. The van der Waals surface area contributed by atoms with Gasteiger partial charge in [-0.2, -0.15) is 0 Å². The first-order valence-corrected chi connectivity index (χ1v) is 9.56. The molecule has 0 saturated carbocycles. The van der Waals surface area contributed by atoms with Crippen LogP contribution in [0.1, 0.15) is 77.6 Å². The first-order valence-electron chi connectivity index (χ1n) is 9.56. The minimum atomic E-state index is 0. The molecule has 2 N–H and O–H groups in total. The van der Waals surface area contributed by atoms with Crippen LogP contribution in [0, 0.1) is 0 Å². The maximum Gasteiger partial charge on any atom is 0.288 e. The normalized spacial score (nSPS) is 10.4. The van der Waals surface area contributed by atoms with E-state index in [4.69, 9.17) is 5.11 Å². The fraction of sp³-hybridized carbons (Fsp3) is 0.789. The Morgan fingerprint density at radius 3 is 2.12 bits per heavy atom. The van der Waals surface area contributed by atoms with Gasteiger partial charge in [0.05, 0.1) is 12.7 Å². The van der Waals surface area contributed by atoms with Crippen LogP contribution in [0.25, 0.3) is 0 Å². The molecule has 0 radical (unpaired) electrons. The van der Waals surface area contributed by atoms with E-state index in [1.807, 2.05) is 23.2 Å². The topological polar surface area (TPSA) is 49.0 Å². The van der Waals surface area contributed by atoms with E-state index in [2.05, 4.69) is 17.2 Å². The molecule has 0 fully saturated rings. The van der Waals surface area contributed by atoms with Crippen molar-refractivity contribution < 1.29 is 26.7 Å². The Bertz CT molecular complexity index is 373. The largest absolute Gasteiger partial charge is 1.00 e. The average Bonchev–Trinajstić information content (AvgIpc) is 2.59. The molecular formula is C19H36BrN3O. The number of aromatic nitrogens is 2. The Balaban J connectivity index is 0.00000529. The standard InChI is InChI=1S/C19H35N3O.BrH/c1-2-3-4-5-6-7-8-9-10-11-14-20-19-13-16-22(18-21-19)15-12-17-23;/h13,16,18,23H,2-12,14-15,17H2,1H3;1H. The van der Waals surface area contributed by atoms with Gasteiger partial charge in [-0.15, -0.1) is 0 Å². The Kier molecular flexibility index (Phi) is 16.7. The second-order valence-electron chi connectivity index (χ2n) is 6.37. The number of aryl methyl sites for hydroxylation is 1. The van der Waals surface area contributed by atoms with Crippen LogP contribution in [-0.2, 0) is 6.54 Å². The third kappa shape index (κ3) is 12.7. The minimum absolute atomic E-state index is 0. The molecule has 0 aliphatic heterocycles. The van der Waals surface area contributed by atoms with E-state index in [1.165, 1.54) is 64.2 Å². The van der Waals surface area contributed by atoms with Crippen LogP contribution in [0.4, 0.5) is 5.82 Å². The summed E-state index contributed by atoms with van der Waals surface area (Å²) < 4.78 is 2.00. The second-order valence-corrected chi connectivity index (χ2v) is 6.37. The zero-order valence-corrected chi connectivity index (χ0v) is 16.9. The second kappa shape index (κ2) is 17.2. The van der Waals surface area contributed by atoms with E-state index in [1.54, 1.807) is 0 Å². The van der Waals surface area contributed by atoms with Gasteiger partial charge in [0.2, 0.25) is 5.82 Å².